The molecule has 1 saturated heterocycles. The van der Waals surface area contributed by atoms with Gasteiger partial charge < -0.3 is 9.29 Å². The fourth-order valence-corrected chi connectivity index (χ4v) is 3.69. The van der Waals surface area contributed by atoms with Crippen molar-refractivity contribution in [3.8, 4) is 5.75 Å². The van der Waals surface area contributed by atoms with E-state index in [0.717, 1.165) is 12.1 Å². The molecule has 1 unspecified atom stereocenters. The fraction of sp³-hybridized carbons (Fsp3) is 0.200. The third kappa shape index (κ3) is 2.87. The van der Waals surface area contributed by atoms with E-state index < -0.39 is 28.1 Å². The van der Waals surface area contributed by atoms with Crippen LogP contribution >= 0.6 is 0 Å². The third-order valence-electron chi connectivity index (χ3n) is 3.38. The fourth-order valence-electron chi connectivity index (χ4n) is 2.16. The van der Waals surface area contributed by atoms with Crippen LogP contribution in [-0.2, 0) is 14.6 Å². The zero-order valence-electron chi connectivity index (χ0n) is 11.4. The zero-order valence-corrected chi connectivity index (χ0v) is 12.3. The van der Waals surface area contributed by atoms with Crippen LogP contribution in [0.25, 0.3) is 0 Å². The second kappa shape index (κ2) is 5.75. The maximum atomic E-state index is 13.5. The Morgan fingerprint density at radius 2 is 1.82 bits per heavy atom. The minimum absolute atomic E-state index is 0.0804. The highest BCUT2D eigenvalue weighted by Crippen LogP contribution is 2.29. The maximum absolute atomic E-state index is 13.5. The molecule has 0 N–H and O–H groups in total. The van der Waals surface area contributed by atoms with Crippen LogP contribution in [0, 0.1) is 11.6 Å². The summed E-state index contributed by atoms with van der Waals surface area (Å²) < 4.78 is 57.4. The smallest absolute Gasteiger partial charge is 0.175 e. The van der Waals surface area contributed by atoms with Crippen molar-refractivity contribution in [3.05, 3.63) is 60.2 Å². The SMILES string of the molecule is O=[S+]([O-])(c1ccccc1)N1CC(Oc2ccc(F)cc2F)C1. The van der Waals surface area contributed by atoms with Gasteiger partial charge in [0.1, 0.15) is 11.9 Å². The maximum Gasteiger partial charge on any atom is 0.175 e. The summed E-state index contributed by atoms with van der Waals surface area (Å²) in [5.41, 5.74) is 0. The lowest BCUT2D eigenvalue weighted by atomic mass is 10.2. The Morgan fingerprint density at radius 3 is 2.45 bits per heavy atom. The molecule has 2 aromatic carbocycles. The van der Waals surface area contributed by atoms with Gasteiger partial charge in [0, 0.05) is 6.07 Å². The molecule has 0 bridgehead atoms. The lowest BCUT2D eigenvalue weighted by molar-refractivity contribution is 0.0668. The number of ether oxygens (including phenoxy) is 1. The molecule has 7 heteroatoms. The Kier molecular flexibility index (Phi) is 3.94. The average Bonchev–Trinajstić information content (AvgIpc) is 2.45. The van der Waals surface area contributed by atoms with Gasteiger partial charge in [-0.25, -0.2) is 8.78 Å². The van der Waals surface area contributed by atoms with Crippen LogP contribution in [0.3, 0.4) is 0 Å². The van der Waals surface area contributed by atoms with E-state index in [4.69, 9.17) is 4.74 Å². The van der Waals surface area contributed by atoms with E-state index in [2.05, 4.69) is 0 Å². The van der Waals surface area contributed by atoms with E-state index >= 15 is 0 Å². The van der Waals surface area contributed by atoms with E-state index in [1.807, 2.05) is 0 Å². The quantitative estimate of drug-likeness (QED) is 0.812. The molecule has 1 fully saturated rings. The van der Waals surface area contributed by atoms with Crippen LogP contribution in [-0.4, -0.2) is 28.1 Å². The number of sulfonamides is 1. The van der Waals surface area contributed by atoms with Crippen molar-refractivity contribution in [3.63, 3.8) is 0 Å². The summed E-state index contributed by atoms with van der Waals surface area (Å²) in [6, 6.07) is 11.1. The second-order valence-corrected chi connectivity index (χ2v) is 6.89. The molecular formula is C15H13F2NO3S. The van der Waals surface area contributed by atoms with Gasteiger partial charge in [0.2, 0.25) is 0 Å². The summed E-state index contributed by atoms with van der Waals surface area (Å²) in [7, 11) is -3.54. The van der Waals surface area contributed by atoms with Gasteiger partial charge in [0.25, 0.3) is 0 Å². The van der Waals surface area contributed by atoms with E-state index in [9.17, 15) is 17.5 Å². The Balaban J connectivity index is 1.63. The van der Waals surface area contributed by atoms with E-state index in [0.29, 0.717) is 0 Å². The molecule has 1 atom stereocenters. The van der Waals surface area contributed by atoms with Gasteiger partial charge in [0.05, 0.1) is 13.1 Å². The molecule has 0 radical (unpaired) electrons. The molecule has 3 rings (SSSR count). The highest BCUT2D eigenvalue weighted by Gasteiger charge is 2.42. The average molecular weight is 325 g/mol. The van der Waals surface area contributed by atoms with E-state index in [1.165, 1.54) is 22.5 Å². The van der Waals surface area contributed by atoms with Crippen molar-refractivity contribution in [2.75, 3.05) is 13.1 Å². The lowest BCUT2D eigenvalue weighted by Gasteiger charge is -2.39. The molecule has 116 valence electrons. The Bertz CT molecular complexity index is 720. The van der Waals surface area contributed by atoms with Crippen LogP contribution in [0.5, 0.6) is 5.75 Å². The molecule has 4 nitrogen and oxygen atoms in total. The number of benzene rings is 2. The monoisotopic (exact) mass is 325 g/mol. The molecular weight excluding hydrogens is 312 g/mol. The molecule has 0 saturated carbocycles. The standard InChI is InChI=1S/C15H13F2NO3S/c16-11-6-7-15(14(17)8-11)21-12-9-18(10-12)22(19,20)13-4-2-1-3-5-13/h1-8,12H,9-10H2. The van der Waals surface area contributed by atoms with Gasteiger partial charge >= 0.3 is 0 Å². The van der Waals surface area contributed by atoms with Crippen molar-refractivity contribution < 1.29 is 22.3 Å². The number of halogens is 2. The van der Waals surface area contributed by atoms with Crippen LogP contribution in [0.2, 0.25) is 0 Å². The third-order valence-corrected chi connectivity index (χ3v) is 5.23. The van der Waals surface area contributed by atoms with Gasteiger partial charge in [-0.05, 0) is 24.3 Å². The highest BCUT2D eigenvalue weighted by atomic mass is 32.3. The van der Waals surface area contributed by atoms with Gasteiger partial charge in [-0.2, -0.15) is 0 Å². The van der Waals surface area contributed by atoms with Crippen LogP contribution in [0.1, 0.15) is 0 Å². The molecule has 22 heavy (non-hydrogen) atoms. The van der Waals surface area contributed by atoms with Crippen molar-refractivity contribution in [2.24, 2.45) is 0 Å². The van der Waals surface area contributed by atoms with Crippen molar-refractivity contribution in [2.45, 2.75) is 11.0 Å². The Labute approximate surface area is 127 Å². The molecule has 1 aliphatic rings. The van der Waals surface area contributed by atoms with Crippen molar-refractivity contribution in [1.29, 1.82) is 0 Å². The number of nitrogens with zero attached hydrogens (tertiary/aromatic N) is 1. The van der Waals surface area contributed by atoms with Crippen LogP contribution in [0.4, 0.5) is 8.78 Å². The second-order valence-electron chi connectivity index (χ2n) is 4.95. The predicted molar refractivity (Wildman–Crippen MR) is 75.9 cm³/mol. The van der Waals surface area contributed by atoms with Gasteiger partial charge in [-0.1, -0.05) is 22.4 Å². The van der Waals surface area contributed by atoms with Crippen molar-refractivity contribution >= 4 is 10.4 Å². The minimum Gasteiger partial charge on any atom is -0.593 e. The van der Waals surface area contributed by atoms with Crippen LogP contribution in [0.15, 0.2) is 53.4 Å². The van der Waals surface area contributed by atoms with E-state index in [1.54, 1.807) is 18.2 Å². The Morgan fingerprint density at radius 1 is 1.14 bits per heavy atom. The number of hydrogen-bond acceptors (Lipinski definition) is 3. The summed E-state index contributed by atoms with van der Waals surface area (Å²) in [6.07, 6.45) is -0.446. The first-order valence-electron chi connectivity index (χ1n) is 6.64. The summed E-state index contributed by atoms with van der Waals surface area (Å²) in [5.74, 6) is -1.57. The molecule has 0 aromatic heterocycles. The minimum atomic E-state index is -3.54. The van der Waals surface area contributed by atoms with Gasteiger partial charge in [-0.15, -0.1) is 4.31 Å². The highest BCUT2D eigenvalue weighted by molar-refractivity contribution is 7.95. The summed E-state index contributed by atoms with van der Waals surface area (Å²) in [4.78, 5) is 0.210. The van der Waals surface area contributed by atoms with E-state index in [-0.39, 0.29) is 23.7 Å². The number of rotatable bonds is 4. The first-order chi connectivity index (χ1) is 10.5. The number of hydrogen-bond donors (Lipinski definition) is 0. The summed E-state index contributed by atoms with van der Waals surface area (Å²) in [5, 5.41) is 0. The first kappa shape index (κ1) is 15.1. The summed E-state index contributed by atoms with van der Waals surface area (Å²) in [6.45, 7) is 0.266. The molecule has 1 aliphatic heterocycles. The Hall–Kier alpha value is -1.83. The molecule has 0 aliphatic carbocycles. The normalized spacial score (nSPS) is 18.5. The predicted octanol–water partition coefficient (Wildman–Crippen LogP) is 2.63. The van der Waals surface area contributed by atoms with Crippen molar-refractivity contribution in [1.82, 2.24) is 4.31 Å². The molecule has 1 heterocycles. The van der Waals surface area contributed by atoms with Crippen LogP contribution < -0.4 is 4.74 Å². The molecule has 2 aromatic rings. The zero-order chi connectivity index (χ0) is 15.7. The van der Waals surface area contributed by atoms with Gasteiger partial charge in [0.15, 0.2) is 26.9 Å². The first-order valence-corrected chi connectivity index (χ1v) is 8.08. The largest absolute Gasteiger partial charge is 0.593 e. The van der Waals surface area contributed by atoms with Gasteiger partial charge in [-0.3, -0.25) is 0 Å². The lowest BCUT2D eigenvalue weighted by Crippen LogP contribution is -2.58. The topological polar surface area (TPSA) is 52.6 Å². The summed E-state index contributed by atoms with van der Waals surface area (Å²) >= 11 is 0. The molecule has 0 spiro atoms. The molecule has 0 amide bonds.